The number of nitrogens with zero attached hydrogens (tertiary/aromatic N) is 3. The van der Waals surface area contributed by atoms with Crippen LogP contribution in [-0.4, -0.2) is 78.9 Å². The van der Waals surface area contributed by atoms with Crippen LogP contribution in [0.1, 0.15) is 16.1 Å². The van der Waals surface area contributed by atoms with Gasteiger partial charge in [0.25, 0.3) is 11.5 Å². The Morgan fingerprint density at radius 3 is 2.68 bits per heavy atom. The molecule has 0 bridgehead atoms. The van der Waals surface area contributed by atoms with Crippen LogP contribution in [0, 0.1) is 18.8 Å². The molecular weight excluding hydrogens is 322 g/mol. The smallest absolute Gasteiger partial charge is 0.263 e. The van der Waals surface area contributed by atoms with Gasteiger partial charge < -0.3 is 24.2 Å². The summed E-state index contributed by atoms with van der Waals surface area (Å²) in [4.78, 5) is 29.0. The zero-order chi connectivity index (χ0) is 18.6. The van der Waals surface area contributed by atoms with Crippen LogP contribution in [0.4, 0.5) is 0 Å². The summed E-state index contributed by atoms with van der Waals surface area (Å²) in [5, 5.41) is 9.68. The number of carbonyl (C=O) groups is 1. The molecule has 1 aliphatic heterocycles. The summed E-state index contributed by atoms with van der Waals surface area (Å²) in [6.07, 6.45) is 0. The summed E-state index contributed by atoms with van der Waals surface area (Å²) in [6.45, 7) is 5.14. The first kappa shape index (κ1) is 19.6. The van der Waals surface area contributed by atoms with Crippen LogP contribution >= 0.6 is 0 Å². The second kappa shape index (κ2) is 8.60. The van der Waals surface area contributed by atoms with Gasteiger partial charge in [0.05, 0.1) is 6.61 Å². The molecular formula is C18H29N3O4. The minimum Gasteiger partial charge on any atom is -0.396 e. The van der Waals surface area contributed by atoms with E-state index in [9.17, 15) is 14.7 Å². The predicted molar refractivity (Wildman–Crippen MR) is 95.8 cm³/mol. The highest BCUT2D eigenvalue weighted by Crippen LogP contribution is 2.25. The molecule has 2 unspecified atom stereocenters. The van der Waals surface area contributed by atoms with E-state index in [1.165, 1.54) is 4.57 Å². The van der Waals surface area contributed by atoms with Crippen molar-refractivity contribution in [1.29, 1.82) is 0 Å². The molecule has 140 valence electrons. The van der Waals surface area contributed by atoms with Gasteiger partial charge in [-0.15, -0.1) is 0 Å². The fraction of sp³-hybridized carbons (Fsp3) is 0.667. The summed E-state index contributed by atoms with van der Waals surface area (Å²) < 4.78 is 6.58. The number of aromatic nitrogens is 1. The monoisotopic (exact) mass is 351 g/mol. The number of pyridine rings is 1. The standard InChI is InChI=1S/C18H29N3O4/c1-13-5-6-16(17(23)20(13)3)18(24)21-10-14(15(11-21)12-22)9-19(2)7-8-25-4/h5-6,14-15,22H,7-12H2,1-4H3. The molecule has 1 aromatic rings. The highest BCUT2D eigenvalue weighted by molar-refractivity contribution is 5.94. The first-order chi connectivity index (χ1) is 11.9. The van der Waals surface area contributed by atoms with Crippen molar-refractivity contribution >= 4 is 5.91 Å². The third-order valence-corrected chi connectivity index (χ3v) is 5.11. The van der Waals surface area contributed by atoms with E-state index in [1.54, 1.807) is 31.2 Å². The fourth-order valence-electron chi connectivity index (χ4n) is 3.32. The molecule has 0 aromatic carbocycles. The van der Waals surface area contributed by atoms with Crippen LogP contribution in [0.3, 0.4) is 0 Å². The van der Waals surface area contributed by atoms with Crippen molar-refractivity contribution in [3.63, 3.8) is 0 Å². The van der Waals surface area contributed by atoms with E-state index in [0.29, 0.717) is 19.7 Å². The largest absolute Gasteiger partial charge is 0.396 e. The number of aryl methyl sites for hydroxylation is 1. The second-order valence-corrected chi connectivity index (χ2v) is 6.92. The van der Waals surface area contributed by atoms with E-state index in [2.05, 4.69) is 4.90 Å². The van der Waals surface area contributed by atoms with Gasteiger partial charge in [0.15, 0.2) is 0 Å². The Labute approximate surface area is 148 Å². The number of likely N-dealkylation sites (N-methyl/N-ethyl adjacent to an activating group) is 1. The molecule has 7 heteroatoms. The van der Waals surface area contributed by atoms with Crippen LogP contribution in [-0.2, 0) is 11.8 Å². The SMILES string of the molecule is COCCN(C)CC1CN(C(=O)c2ccc(C)n(C)c2=O)CC1CO. The van der Waals surface area contributed by atoms with Gasteiger partial charge in [0.1, 0.15) is 5.56 Å². The van der Waals surface area contributed by atoms with Crippen LogP contribution in [0.15, 0.2) is 16.9 Å². The van der Waals surface area contributed by atoms with Gasteiger partial charge in [-0.2, -0.15) is 0 Å². The lowest BCUT2D eigenvalue weighted by molar-refractivity contribution is 0.0776. The Morgan fingerprint density at radius 2 is 2.04 bits per heavy atom. The van der Waals surface area contributed by atoms with E-state index in [4.69, 9.17) is 4.74 Å². The van der Waals surface area contributed by atoms with Gasteiger partial charge in [-0.3, -0.25) is 9.59 Å². The Hall–Kier alpha value is -1.70. The molecule has 1 N–H and O–H groups in total. The Balaban J connectivity index is 2.09. The van der Waals surface area contributed by atoms with Gasteiger partial charge in [-0.25, -0.2) is 0 Å². The van der Waals surface area contributed by atoms with Crippen LogP contribution in [0.2, 0.25) is 0 Å². The number of rotatable bonds is 7. The molecule has 1 fully saturated rings. The van der Waals surface area contributed by atoms with Crippen molar-refractivity contribution in [2.24, 2.45) is 18.9 Å². The van der Waals surface area contributed by atoms with E-state index in [0.717, 1.165) is 18.8 Å². The van der Waals surface area contributed by atoms with Gasteiger partial charge >= 0.3 is 0 Å². The molecule has 0 radical (unpaired) electrons. The van der Waals surface area contributed by atoms with Crippen molar-refractivity contribution in [2.75, 3.05) is 53.6 Å². The molecule has 0 spiro atoms. The first-order valence-electron chi connectivity index (χ1n) is 8.63. The Morgan fingerprint density at radius 1 is 1.36 bits per heavy atom. The highest BCUT2D eigenvalue weighted by Gasteiger charge is 2.36. The maximum absolute atomic E-state index is 12.8. The van der Waals surface area contributed by atoms with Crippen LogP contribution in [0.25, 0.3) is 0 Å². The molecule has 2 atom stereocenters. The Kier molecular flexibility index (Phi) is 6.75. The molecule has 1 aromatic heterocycles. The molecule has 7 nitrogen and oxygen atoms in total. The predicted octanol–water partition coefficient (Wildman–Crippen LogP) is -0.0476. The number of methoxy groups -OCH3 is 1. The highest BCUT2D eigenvalue weighted by atomic mass is 16.5. The van der Waals surface area contributed by atoms with Gasteiger partial charge in [-0.1, -0.05) is 0 Å². The van der Waals surface area contributed by atoms with Gasteiger partial charge in [0, 0.05) is 58.6 Å². The van der Waals surface area contributed by atoms with E-state index < -0.39 is 0 Å². The van der Waals surface area contributed by atoms with Crippen molar-refractivity contribution in [3.8, 4) is 0 Å². The molecule has 2 rings (SSSR count). The molecule has 2 heterocycles. The van der Waals surface area contributed by atoms with Crippen molar-refractivity contribution < 1.29 is 14.6 Å². The lowest BCUT2D eigenvalue weighted by Gasteiger charge is -2.23. The summed E-state index contributed by atoms with van der Waals surface area (Å²) in [5.41, 5.74) is 0.734. The third-order valence-electron chi connectivity index (χ3n) is 5.11. The van der Waals surface area contributed by atoms with Gasteiger partial charge in [-0.05, 0) is 32.0 Å². The summed E-state index contributed by atoms with van der Waals surface area (Å²) >= 11 is 0. The van der Waals surface area contributed by atoms with E-state index in [1.807, 2.05) is 14.0 Å². The molecule has 25 heavy (non-hydrogen) atoms. The maximum Gasteiger partial charge on any atom is 0.263 e. The summed E-state index contributed by atoms with van der Waals surface area (Å²) in [7, 11) is 5.35. The topological polar surface area (TPSA) is 75.0 Å². The lowest BCUT2D eigenvalue weighted by atomic mass is 9.96. The third kappa shape index (κ3) is 4.48. The van der Waals surface area contributed by atoms with Crippen molar-refractivity contribution in [3.05, 3.63) is 33.7 Å². The number of likely N-dealkylation sites (tertiary alicyclic amines) is 1. The number of carbonyl (C=O) groups excluding carboxylic acids is 1. The van der Waals surface area contributed by atoms with Crippen LogP contribution in [0.5, 0.6) is 0 Å². The molecule has 1 saturated heterocycles. The molecule has 0 aliphatic carbocycles. The van der Waals surface area contributed by atoms with Crippen LogP contribution < -0.4 is 5.56 Å². The molecule has 1 amide bonds. The maximum atomic E-state index is 12.8. The number of ether oxygens (including phenoxy) is 1. The quantitative estimate of drug-likeness (QED) is 0.746. The number of aliphatic hydroxyl groups excluding tert-OH is 1. The summed E-state index contributed by atoms with van der Waals surface area (Å²) in [6, 6.07) is 3.39. The minimum atomic E-state index is -0.272. The lowest BCUT2D eigenvalue weighted by Crippen LogP contribution is -2.36. The molecule has 1 aliphatic rings. The number of amides is 1. The number of aliphatic hydroxyl groups is 1. The summed E-state index contributed by atoms with van der Waals surface area (Å²) in [5.74, 6) is -0.0329. The zero-order valence-electron chi connectivity index (χ0n) is 15.6. The van der Waals surface area contributed by atoms with E-state index in [-0.39, 0.29) is 35.5 Å². The fourth-order valence-corrected chi connectivity index (χ4v) is 3.32. The van der Waals surface area contributed by atoms with Crippen molar-refractivity contribution in [1.82, 2.24) is 14.4 Å². The average molecular weight is 351 g/mol. The Bertz CT molecular complexity index is 658. The van der Waals surface area contributed by atoms with E-state index >= 15 is 0 Å². The average Bonchev–Trinajstić information content (AvgIpc) is 3.00. The minimum absolute atomic E-state index is 0.0308. The van der Waals surface area contributed by atoms with Crippen molar-refractivity contribution in [2.45, 2.75) is 6.92 Å². The zero-order valence-corrected chi connectivity index (χ0v) is 15.6. The first-order valence-corrected chi connectivity index (χ1v) is 8.63. The second-order valence-electron chi connectivity index (χ2n) is 6.92. The normalized spacial score (nSPS) is 20.5. The number of hydrogen-bond acceptors (Lipinski definition) is 5. The molecule has 0 saturated carbocycles. The van der Waals surface area contributed by atoms with Gasteiger partial charge in [0.2, 0.25) is 0 Å². The number of hydrogen-bond donors (Lipinski definition) is 1.